The lowest BCUT2D eigenvalue weighted by Gasteiger charge is -2.32. The Morgan fingerprint density at radius 3 is 2.39 bits per heavy atom. The van der Waals surface area contributed by atoms with Gasteiger partial charge in [-0.25, -0.2) is 0 Å². The van der Waals surface area contributed by atoms with Crippen molar-refractivity contribution in [2.24, 2.45) is 0 Å². The molecule has 1 fully saturated rings. The van der Waals surface area contributed by atoms with Crippen LogP contribution in [0.2, 0.25) is 0 Å². The highest BCUT2D eigenvalue weighted by molar-refractivity contribution is 6.62. The first-order chi connectivity index (χ1) is 8.34. The van der Waals surface area contributed by atoms with Crippen LogP contribution in [0.1, 0.15) is 20.8 Å². The SMILES string of the molecule is CC1(C)OB(c2ccccc2)OC1(C)C[N+](=O)[O-]. The molecule has 0 radical (unpaired) electrons. The van der Waals surface area contributed by atoms with Crippen LogP contribution in [0.3, 0.4) is 0 Å². The molecule has 0 N–H and O–H groups in total. The number of hydrogen-bond acceptors (Lipinski definition) is 4. The van der Waals surface area contributed by atoms with E-state index < -0.39 is 18.3 Å². The first kappa shape index (κ1) is 13.0. The van der Waals surface area contributed by atoms with Gasteiger partial charge in [-0.3, -0.25) is 10.1 Å². The first-order valence-corrected chi connectivity index (χ1v) is 5.86. The Labute approximate surface area is 106 Å². The fourth-order valence-corrected chi connectivity index (χ4v) is 2.01. The molecular weight excluding hydrogens is 233 g/mol. The standard InChI is InChI=1S/C12H16BNO4/c1-11(2)12(3,9-14(15)16)18-13(17-11)10-7-5-4-6-8-10/h4-8H,9H2,1-3H3. The molecule has 1 aliphatic rings. The number of nitro groups is 1. The zero-order chi connectivity index (χ0) is 13.4. The van der Waals surface area contributed by atoms with Gasteiger partial charge in [0.2, 0.25) is 6.54 Å². The maximum Gasteiger partial charge on any atom is 0.495 e. The third-order valence-electron chi connectivity index (χ3n) is 3.54. The molecule has 0 amide bonds. The van der Waals surface area contributed by atoms with Crippen LogP contribution in [-0.2, 0) is 9.31 Å². The molecule has 0 bridgehead atoms. The van der Waals surface area contributed by atoms with Crippen molar-refractivity contribution in [1.29, 1.82) is 0 Å². The minimum atomic E-state index is -0.934. The van der Waals surface area contributed by atoms with Crippen LogP contribution in [0.4, 0.5) is 0 Å². The Bertz CT molecular complexity index is 451. The Kier molecular flexibility index (Phi) is 3.17. The highest BCUT2D eigenvalue weighted by Gasteiger charge is 2.57. The van der Waals surface area contributed by atoms with Gasteiger partial charge in [-0.1, -0.05) is 30.3 Å². The van der Waals surface area contributed by atoms with Crippen molar-refractivity contribution < 1.29 is 14.2 Å². The lowest BCUT2D eigenvalue weighted by Crippen LogP contribution is -2.50. The third-order valence-corrected chi connectivity index (χ3v) is 3.54. The van der Waals surface area contributed by atoms with Crippen LogP contribution in [0.25, 0.3) is 0 Å². The summed E-state index contributed by atoms with van der Waals surface area (Å²) in [4.78, 5) is 10.4. The normalized spacial score (nSPS) is 26.3. The predicted octanol–water partition coefficient (Wildman–Crippen LogP) is 1.24. The summed E-state index contributed by atoms with van der Waals surface area (Å²) >= 11 is 0. The summed E-state index contributed by atoms with van der Waals surface area (Å²) in [5.74, 6) is 0. The van der Waals surface area contributed by atoms with Gasteiger partial charge in [0.25, 0.3) is 0 Å². The summed E-state index contributed by atoms with van der Waals surface area (Å²) in [6.45, 7) is 5.08. The molecular formula is C12H16BNO4. The average Bonchev–Trinajstić information content (AvgIpc) is 2.50. The van der Waals surface area contributed by atoms with E-state index in [0.717, 1.165) is 5.46 Å². The molecule has 5 nitrogen and oxygen atoms in total. The minimum absolute atomic E-state index is 0.274. The fourth-order valence-electron chi connectivity index (χ4n) is 2.01. The fraction of sp³-hybridized carbons (Fsp3) is 0.500. The van der Waals surface area contributed by atoms with Gasteiger partial charge in [0.1, 0.15) is 5.60 Å². The zero-order valence-electron chi connectivity index (χ0n) is 10.8. The number of hydrogen-bond donors (Lipinski definition) is 0. The molecule has 96 valence electrons. The second-order valence-electron chi connectivity index (χ2n) is 5.21. The van der Waals surface area contributed by atoms with Crippen molar-refractivity contribution in [3.8, 4) is 0 Å². The van der Waals surface area contributed by atoms with Gasteiger partial charge in [0.15, 0.2) is 0 Å². The molecule has 0 aromatic heterocycles. The number of rotatable bonds is 3. The molecule has 1 atom stereocenters. The molecule has 1 unspecified atom stereocenters. The van der Waals surface area contributed by atoms with Crippen LogP contribution in [0.15, 0.2) is 30.3 Å². The molecule has 1 aliphatic heterocycles. The van der Waals surface area contributed by atoms with Crippen molar-refractivity contribution in [3.63, 3.8) is 0 Å². The molecule has 18 heavy (non-hydrogen) atoms. The van der Waals surface area contributed by atoms with Gasteiger partial charge in [-0.15, -0.1) is 0 Å². The van der Waals surface area contributed by atoms with E-state index in [9.17, 15) is 10.1 Å². The lowest BCUT2D eigenvalue weighted by molar-refractivity contribution is -0.501. The Morgan fingerprint density at radius 2 is 1.83 bits per heavy atom. The highest BCUT2D eigenvalue weighted by atomic mass is 16.7. The molecule has 6 heteroatoms. The van der Waals surface area contributed by atoms with E-state index in [0.29, 0.717) is 0 Å². The van der Waals surface area contributed by atoms with E-state index in [1.54, 1.807) is 6.92 Å². The van der Waals surface area contributed by atoms with Gasteiger partial charge >= 0.3 is 7.12 Å². The zero-order valence-corrected chi connectivity index (χ0v) is 10.8. The third kappa shape index (κ3) is 2.26. The summed E-state index contributed by atoms with van der Waals surface area (Å²) in [5, 5.41) is 10.8. The average molecular weight is 249 g/mol. The molecule has 0 spiro atoms. The van der Waals surface area contributed by atoms with E-state index in [1.165, 1.54) is 0 Å². The van der Waals surface area contributed by atoms with Gasteiger partial charge in [0, 0.05) is 4.92 Å². The van der Waals surface area contributed by atoms with E-state index in [-0.39, 0.29) is 11.5 Å². The van der Waals surface area contributed by atoms with Crippen molar-refractivity contribution in [3.05, 3.63) is 40.4 Å². The van der Waals surface area contributed by atoms with E-state index in [1.807, 2.05) is 44.2 Å². The van der Waals surface area contributed by atoms with Gasteiger partial charge in [-0.05, 0) is 26.2 Å². The highest BCUT2D eigenvalue weighted by Crippen LogP contribution is 2.37. The molecule has 1 aromatic rings. The van der Waals surface area contributed by atoms with Crippen molar-refractivity contribution in [2.45, 2.75) is 32.0 Å². The molecule has 1 heterocycles. The smallest absolute Gasteiger partial charge is 0.399 e. The van der Waals surface area contributed by atoms with Crippen LogP contribution in [-0.4, -0.2) is 29.8 Å². The van der Waals surface area contributed by atoms with Gasteiger partial charge < -0.3 is 9.31 Å². The van der Waals surface area contributed by atoms with E-state index >= 15 is 0 Å². The summed E-state index contributed by atoms with van der Waals surface area (Å²) in [6.07, 6.45) is 0. The minimum Gasteiger partial charge on any atom is -0.399 e. The maximum atomic E-state index is 10.8. The van der Waals surface area contributed by atoms with Crippen LogP contribution >= 0.6 is 0 Å². The molecule has 0 aliphatic carbocycles. The second-order valence-corrected chi connectivity index (χ2v) is 5.21. The van der Waals surface area contributed by atoms with Crippen LogP contribution in [0.5, 0.6) is 0 Å². The first-order valence-electron chi connectivity index (χ1n) is 5.86. The topological polar surface area (TPSA) is 61.6 Å². The summed E-state index contributed by atoms with van der Waals surface area (Å²) in [5.41, 5.74) is -0.768. The van der Waals surface area contributed by atoms with Gasteiger partial charge in [0.05, 0.1) is 5.60 Å². The molecule has 2 rings (SSSR count). The summed E-state index contributed by atoms with van der Waals surface area (Å²) < 4.78 is 11.6. The number of benzene rings is 1. The van der Waals surface area contributed by atoms with Crippen LogP contribution in [0, 0.1) is 10.1 Å². The van der Waals surface area contributed by atoms with Crippen molar-refractivity contribution in [2.75, 3.05) is 6.54 Å². The largest absolute Gasteiger partial charge is 0.495 e. The van der Waals surface area contributed by atoms with E-state index in [4.69, 9.17) is 9.31 Å². The number of nitrogens with zero attached hydrogens (tertiary/aromatic N) is 1. The lowest BCUT2D eigenvalue weighted by atomic mass is 9.79. The summed E-state index contributed by atoms with van der Waals surface area (Å²) in [7, 11) is -0.550. The Hall–Kier alpha value is -1.40. The van der Waals surface area contributed by atoms with Crippen molar-refractivity contribution in [1.82, 2.24) is 0 Å². The van der Waals surface area contributed by atoms with E-state index in [2.05, 4.69) is 0 Å². The molecule has 1 saturated heterocycles. The van der Waals surface area contributed by atoms with Gasteiger partial charge in [-0.2, -0.15) is 0 Å². The predicted molar refractivity (Wildman–Crippen MR) is 68.3 cm³/mol. The summed E-state index contributed by atoms with van der Waals surface area (Å²) in [6, 6.07) is 9.45. The molecule has 1 aromatic carbocycles. The van der Waals surface area contributed by atoms with Crippen LogP contribution < -0.4 is 5.46 Å². The maximum absolute atomic E-state index is 10.8. The van der Waals surface area contributed by atoms with Crippen molar-refractivity contribution >= 4 is 12.6 Å². The quantitative estimate of drug-likeness (QED) is 0.459. The monoisotopic (exact) mass is 249 g/mol. The molecule has 0 saturated carbocycles. The Balaban J connectivity index is 2.24. The second kappa shape index (κ2) is 4.37. The Morgan fingerprint density at radius 1 is 1.22 bits per heavy atom.